The van der Waals surface area contributed by atoms with Gasteiger partial charge in [0.1, 0.15) is 17.7 Å². The zero-order valence-electron chi connectivity index (χ0n) is 16.5. The Labute approximate surface area is 185 Å². The molecule has 0 bridgehead atoms. The van der Waals surface area contributed by atoms with Gasteiger partial charge in [-0.25, -0.2) is 19.2 Å². The van der Waals surface area contributed by atoms with Crippen molar-refractivity contribution in [2.24, 2.45) is 0 Å². The van der Waals surface area contributed by atoms with Crippen LogP contribution in [0.15, 0.2) is 53.7 Å². The number of H-pyrrole nitrogens is 1. The molecule has 3 heterocycles. The molecule has 2 N–H and O–H groups in total. The maximum Gasteiger partial charge on any atom is 0.328 e. The quantitative estimate of drug-likeness (QED) is 0.427. The first-order chi connectivity index (χ1) is 15.5. The van der Waals surface area contributed by atoms with Gasteiger partial charge in [-0.05, 0) is 54.3 Å². The van der Waals surface area contributed by atoms with Crippen LogP contribution in [0.1, 0.15) is 36.1 Å². The first kappa shape index (κ1) is 19.1. The van der Waals surface area contributed by atoms with Crippen molar-refractivity contribution in [1.82, 2.24) is 29.1 Å². The van der Waals surface area contributed by atoms with Crippen LogP contribution < -0.4 is 5.69 Å². The monoisotopic (exact) mass is 450 g/mol. The molecule has 1 aliphatic rings. The topological polar surface area (TPSA) is 102 Å². The minimum atomic E-state index is -0.699. The molecule has 0 radical (unpaired) electrons. The standard InChI is InChI=1S/C22H16ClFN6O2/c23-11-1-4-15-18(7-11)29(10-26-15)21-25-9-16-20(28-21)30(22(32)27-16)17-5-6-19(31)13-3-2-12(24)8-14(13)17/h1-4,7-10,17,19,31H,5-6H2,(H,27,32). The van der Waals surface area contributed by atoms with Gasteiger partial charge in [0.2, 0.25) is 5.95 Å². The highest BCUT2D eigenvalue weighted by atomic mass is 35.5. The lowest BCUT2D eigenvalue weighted by molar-refractivity contribution is 0.147. The predicted octanol–water partition coefficient (Wildman–Crippen LogP) is 3.67. The first-order valence-electron chi connectivity index (χ1n) is 10.1. The van der Waals surface area contributed by atoms with Crippen LogP contribution in [0.3, 0.4) is 0 Å². The largest absolute Gasteiger partial charge is 0.388 e. The van der Waals surface area contributed by atoms with Crippen LogP contribution in [0.4, 0.5) is 4.39 Å². The van der Waals surface area contributed by atoms with Gasteiger partial charge in [-0.3, -0.25) is 9.13 Å². The second kappa shape index (κ2) is 6.98. The van der Waals surface area contributed by atoms with E-state index in [1.54, 1.807) is 35.2 Å². The van der Waals surface area contributed by atoms with Crippen LogP contribution >= 0.6 is 11.6 Å². The summed E-state index contributed by atoms with van der Waals surface area (Å²) in [7, 11) is 0. The molecule has 2 atom stereocenters. The molecule has 1 aliphatic carbocycles. The smallest absolute Gasteiger partial charge is 0.328 e. The normalized spacial score (nSPS) is 18.3. The van der Waals surface area contributed by atoms with Crippen molar-refractivity contribution in [3.8, 4) is 5.95 Å². The molecule has 3 aromatic heterocycles. The van der Waals surface area contributed by atoms with Gasteiger partial charge in [0.15, 0.2) is 5.65 Å². The van der Waals surface area contributed by atoms with Crippen molar-refractivity contribution in [1.29, 1.82) is 0 Å². The zero-order chi connectivity index (χ0) is 22.0. The third-order valence-electron chi connectivity index (χ3n) is 5.96. The van der Waals surface area contributed by atoms with E-state index in [0.29, 0.717) is 46.1 Å². The summed E-state index contributed by atoms with van der Waals surface area (Å²) in [4.78, 5) is 29.1. The van der Waals surface area contributed by atoms with E-state index in [0.717, 1.165) is 11.0 Å². The Morgan fingerprint density at radius 3 is 2.88 bits per heavy atom. The number of benzene rings is 2. The molecule has 5 aromatic rings. The second-order valence-corrected chi connectivity index (χ2v) is 8.27. The summed E-state index contributed by atoms with van der Waals surface area (Å²) in [5.41, 5.74) is 3.14. The number of hydrogen-bond acceptors (Lipinski definition) is 5. The minimum Gasteiger partial charge on any atom is -0.388 e. The van der Waals surface area contributed by atoms with E-state index < -0.39 is 18.0 Å². The Balaban J connectivity index is 1.56. The number of aliphatic hydroxyl groups is 1. The molecule has 0 aliphatic heterocycles. The van der Waals surface area contributed by atoms with E-state index in [-0.39, 0.29) is 5.69 Å². The maximum atomic E-state index is 14.1. The lowest BCUT2D eigenvalue weighted by Gasteiger charge is -2.29. The van der Waals surface area contributed by atoms with E-state index in [4.69, 9.17) is 11.6 Å². The number of rotatable bonds is 2. The lowest BCUT2D eigenvalue weighted by atomic mass is 9.85. The molecule has 2 aromatic carbocycles. The summed E-state index contributed by atoms with van der Waals surface area (Å²) in [6, 6.07) is 9.12. The van der Waals surface area contributed by atoms with Gasteiger partial charge >= 0.3 is 5.69 Å². The number of nitrogens with zero attached hydrogens (tertiary/aromatic N) is 5. The van der Waals surface area contributed by atoms with Gasteiger partial charge < -0.3 is 10.1 Å². The van der Waals surface area contributed by atoms with E-state index in [2.05, 4.69) is 19.9 Å². The SMILES string of the molecule is O=c1[nH]c2cnc(-n3cnc4ccc(Cl)cc43)nc2n1C1CCC(O)c2ccc(F)cc21. The van der Waals surface area contributed by atoms with Crippen LogP contribution in [-0.2, 0) is 0 Å². The summed E-state index contributed by atoms with van der Waals surface area (Å²) in [5, 5.41) is 10.9. The lowest BCUT2D eigenvalue weighted by Crippen LogP contribution is -2.28. The van der Waals surface area contributed by atoms with E-state index in [1.165, 1.54) is 22.9 Å². The molecular formula is C22H16ClFN6O2. The molecule has 0 saturated carbocycles. The highest BCUT2D eigenvalue weighted by Gasteiger charge is 2.30. The van der Waals surface area contributed by atoms with E-state index in [9.17, 15) is 14.3 Å². The first-order valence-corrected chi connectivity index (χ1v) is 10.4. The summed E-state index contributed by atoms with van der Waals surface area (Å²) >= 11 is 6.15. The number of nitrogens with one attached hydrogen (secondary N) is 1. The number of halogens is 2. The average Bonchev–Trinajstić information content (AvgIpc) is 3.33. The van der Waals surface area contributed by atoms with Crippen LogP contribution in [0.5, 0.6) is 0 Å². The van der Waals surface area contributed by atoms with Crippen molar-refractivity contribution in [3.05, 3.63) is 81.4 Å². The fraction of sp³-hybridized carbons (Fsp3) is 0.182. The van der Waals surface area contributed by atoms with Gasteiger partial charge in [0, 0.05) is 5.02 Å². The Kier molecular flexibility index (Phi) is 4.17. The minimum absolute atomic E-state index is 0.324. The summed E-state index contributed by atoms with van der Waals surface area (Å²) < 4.78 is 17.3. The fourth-order valence-electron chi connectivity index (χ4n) is 4.49. The Morgan fingerprint density at radius 1 is 1.12 bits per heavy atom. The van der Waals surface area contributed by atoms with Gasteiger partial charge in [-0.1, -0.05) is 17.7 Å². The second-order valence-electron chi connectivity index (χ2n) is 7.84. The number of aromatic amines is 1. The Morgan fingerprint density at radius 2 is 2.00 bits per heavy atom. The van der Waals surface area contributed by atoms with E-state index >= 15 is 0 Å². The molecule has 0 spiro atoms. The number of aliphatic hydroxyl groups excluding tert-OH is 1. The van der Waals surface area contributed by atoms with Crippen molar-refractivity contribution in [2.45, 2.75) is 25.0 Å². The van der Waals surface area contributed by atoms with Gasteiger partial charge in [-0.15, -0.1) is 0 Å². The van der Waals surface area contributed by atoms with Gasteiger partial charge in [0.05, 0.1) is 29.4 Å². The molecule has 0 saturated heterocycles. The average molecular weight is 451 g/mol. The molecule has 0 fully saturated rings. The molecule has 160 valence electrons. The third-order valence-corrected chi connectivity index (χ3v) is 6.20. The number of aromatic nitrogens is 6. The van der Waals surface area contributed by atoms with Gasteiger partial charge in [0.25, 0.3) is 0 Å². The molecule has 0 amide bonds. The molecule has 2 unspecified atom stereocenters. The summed E-state index contributed by atoms with van der Waals surface area (Å²) in [6.45, 7) is 0. The van der Waals surface area contributed by atoms with Crippen LogP contribution in [0.25, 0.3) is 28.1 Å². The van der Waals surface area contributed by atoms with E-state index in [1.807, 2.05) is 0 Å². The number of fused-ring (bicyclic) bond motifs is 3. The molecule has 32 heavy (non-hydrogen) atoms. The summed E-state index contributed by atoms with van der Waals surface area (Å²) in [6.07, 6.45) is 3.35. The van der Waals surface area contributed by atoms with Crippen molar-refractivity contribution in [2.75, 3.05) is 0 Å². The molecule has 10 heteroatoms. The fourth-order valence-corrected chi connectivity index (χ4v) is 4.65. The summed E-state index contributed by atoms with van der Waals surface area (Å²) in [5.74, 6) is -0.0989. The third kappa shape index (κ3) is 2.85. The maximum absolute atomic E-state index is 14.1. The molecular weight excluding hydrogens is 435 g/mol. The highest BCUT2D eigenvalue weighted by molar-refractivity contribution is 6.31. The van der Waals surface area contributed by atoms with Crippen LogP contribution in [-0.4, -0.2) is 34.2 Å². The Bertz CT molecular complexity index is 1570. The van der Waals surface area contributed by atoms with Crippen molar-refractivity contribution in [3.63, 3.8) is 0 Å². The predicted molar refractivity (Wildman–Crippen MR) is 117 cm³/mol. The van der Waals surface area contributed by atoms with Crippen LogP contribution in [0.2, 0.25) is 5.02 Å². The van der Waals surface area contributed by atoms with Crippen LogP contribution in [0, 0.1) is 5.82 Å². The number of imidazole rings is 2. The Hall–Kier alpha value is -3.56. The van der Waals surface area contributed by atoms with Crippen molar-refractivity contribution >= 4 is 33.8 Å². The van der Waals surface area contributed by atoms with Crippen molar-refractivity contribution < 1.29 is 9.50 Å². The molecule has 8 nitrogen and oxygen atoms in total. The molecule has 6 rings (SSSR count). The zero-order valence-corrected chi connectivity index (χ0v) is 17.3. The van der Waals surface area contributed by atoms with Gasteiger partial charge in [-0.2, -0.15) is 4.98 Å². The highest BCUT2D eigenvalue weighted by Crippen LogP contribution is 2.39. The number of hydrogen-bond donors (Lipinski definition) is 2.